The van der Waals surface area contributed by atoms with Crippen molar-refractivity contribution in [3.63, 3.8) is 0 Å². The van der Waals surface area contributed by atoms with Crippen molar-refractivity contribution < 1.29 is 37.3 Å². The molecule has 1 rings (SSSR count). The monoisotopic (exact) mass is 363 g/mol. The lowest BCUT2D eigenvalue weighted by Gasteiger charge is -2.22. The lowest BCUT2D eigenvalue weighted by atomic mass is 10.1. The van der Waals surface area contributed by atoms with Crippen molar-refractivity contribution in [1.82, 2.24) is 5.32 Å². The molecule has 0 saturated carbocycles. The van der Waals surface area contributed by atoms with Gasteiger partial charge in [0.1, 0.15) is 17.4 Å². The highest BCUT2D eigenvalue weighted by atomic mass is 19.4. The number of carboxylic acid groups (broad SMARTS) is 1. The van der Waals surface area contributed by atoms with Gasteiger partial charge in [0.2, 0.25) is 0 Å². The molecule has 1 aromatic carbocycles. The summed E-state index contributed by atoms with van der Waals surface area (Å²) in [5.41, 5.74) is -0.159. The van der Waals surface area contributed by atoms with Gasteiger partial charge in [-0.2, -0.15) is 0 Å². The number of alkyl halides is 3. The molecule has 0 aliphatic carbocycles. The second-order valence-corrected chi connectivity index (χ2v) is 6.27. The van der Waals surface area contributed by atoms with Crippen LogP contribution in [0.1, 0.15) is 32.8 Å². The SMILES string of the molecule is CC(C)(C)OC(=O)N[C@H](CCc1ccc(OC(F)(F)F)cc1)C(=O)O. The standard InChI is InChI=1S/C16H20F3NO5/c1-15(2,3)25-14(23)20-12(13(21)22)9-6-10-4-7-11(8-5-10)24-16(17,18)19/h4-5,7-8,12H,6,9H2,1-3H3,(H,20,23)(H,21,22)/t12-/m1/s1. The van der Waals surface area contributed by atoms with Gasteiger partial charge in [0.05, 0.1) is 0 Å². The fraction of sp³-hybridized carbons (Fsp3) is 0.500. The number of hydrogen-bond donors (Lipinski definition) is 2. The summed E-state index contributed by atoms with van der Waals surface area (Å²) in [5, 5.41) is 11.4. The number of ether oxygens (including phenoxy) is 2. The van der Waals surface area contributed by atoms with E-state index in [9.17, 15) is 22.8 Å². The minimum Gasteiger partial charge on any atom is -0.480 e. The van der Waals surface area contributed by atoms with E-state index in [2.05, 4.69) is 10.1 Å². The maximum atomic E-state index is 12.1. The Morgan fingerprint density at radius 1 is 1.16 bits per heavy atom. The topological polar surface area (TPSA) is 84.9 Å². The van der Waals surface area contributed by atoms with E-state index >= 15 is 0 Å². The number of alkyl carbamates (subject to hydrolysis) is 1. The number of halogens is 3. The summed E-state index contributed by atoms with van der Waals surface area (Å²) in [4.78, 5) is 22.9. The van der Waals surface area contributed by atoms with Crippen LogP contribution in [0.4, 0.5) is 18.0 Å². The molecular weight excluding hydrogens is 343 g/mol. The van der Waals surface area contributed by atoms with Crippen LogP contribution in [0.2, 0.25) is 0 Å². The third-order valence-electron chi connectivity index (χ3n) is 2.87. The molecule has 1 atom stereocenters. The minimum atomic E-state index is -4.77. The summed E-state index contributed by atoms with van der Waals surface area (Å²) < 4.78 is 45.0. The van der Waals surface area contributed by atoms with Crippen molar-refractivity contribution in [3.8, 4) is 5.75 Å². The maximum absolute atomic E-state index is 12.1. The molecular formula is C16H20F3NO5. The van der Waals surface area contributed by atoms with Gasteiger partial charge in [-0.15, -0.1) is 13.2 Å². The van der Waals surface area contributed by atoms with E-state index in [1.807, 2.05) is 0 Å². The molecule has 1 amide bonds. The number of amides is 1. The molecule has 9 heteroatoms. The Morgan fingerprint density at radius 3 is 2.16 bits per heavy atom. The highest BCUT2D eigenvalue weighted by molar-refractivity contribution is 5.80. The first-order valence-corrected chi connectivity index (χ1v) is 7.43. The van der Waals surface area contributed by atoms with Gasteiger partial charge in [-0.25, -0.2) is 9.59 Å². The van der Waals surface area contributed by atoms with Gasteiger partial charge in [0, 0.05) is 0 Å². The normalized spacial score (nSPS) is 13.0. The number of nitrogens with one attached hydrogen (secondary N) is 1. The van der Waals surface area contributed by atoms with Crippen molar-refractivity contribution in [2.24, 2.45) is 0 Å². The van der Waals surface area contributed by atoms with E-state index in [-0.39, 0.29) is 18.6 Å². The van der Waals surface area contributed by atoms with Gasteiger partial charge >= 0.3 is 18.4 Å². The summed E-state index contributed by atoms with van der Waals surface area (Å²) in [5.74, 6) is -1.60. The number of hydrogen-bond acceptors (Lipinski definition) is 4. The van der Waals surface area contributed by atoms with Gasteiger partial charge in [-0.05, 0) is 51.3 Å². The summed E-state index contributed by atoms with van der Waals surface area (Å²) in [6.07, 6.45) is -5.34. The third kappa shape index (κ3) is 8.83. The van der Waals surface area contributed by atoms with E-state index in [0.717, 1.165) is 12.1 Å². The molecule has 0 aromatic heterocycles. The molecule has 2 N–H and O–H groups in total. The molecule has 0 aliphatic rings. The Bertz CT molecular complexity index is 593. The molecule has 0 aliphatic heterocycles. The van der Waals surface area contributed by atoms with Gasteiger partial charge in [-0.3, -0.25) is 0 Å². The third-order valence-corrected chi connectivity index (χ3v) is 2.87. The zero-order valence-electron chi connectivity index (χ0n) is 14.0. The molecule has 1 aromatic rings. The first-order valence-electron chi connectivity index (χ1n) is 7.43. The quantitative estimate of drug-likeness (QED) is 0.808. The number of benzene rings is 1. The molecule has 6 nitrogen and oxygen atoms in total. The molecule has 140 valence electrons. The van der Waals surface area contributed by atoms with Crippen LogP contribution in [-0.4, -0.2) is 35.2 Å². The van der Waals surface area contributed by atoms with Gasteiger partial charge in [0.25, 0.3) is 0 Å². The number of aryl methyl sites for hydroxylation is 1. The van der Waals surface area contributed by atoms with Crippen LogP contribution < -0.4 is 10.1 Å². The smallest absolute Gasteiger partial charge is 0.480 e. The van der Waals surface area contributed by atoms with Crippen molar-refractivity contribution in [2.45, 2.75) is 51.6 Å². The molecule has 0 radical (unpaired) electrons. The average molecular weight is 363 g/mol. The first-order chi connectivity index (χ1) is 11.4. The van der Waals surface area contributed by atoms with Gasteiger partial charge in [0.15, 0.2) is 0 Å². The van der Waals surface area contributed by atoms with Crippen LogP contribution in [0.25, 0.3) is 0 Å². The van der Waals surface area contributed by atoms with Crippen LogP contribution in [0.15, 0.2) is 24.3 Å². The highest BCUT2D eigenvalue weighted by Crippen LogP contribution is 2.23. The lowest BCUT2D eigenvalue weighted by Crippen LogP contribution is -2.43. The second kappa shape index (κ2) is 8.09. The largest absolute Gasteiger partial charge is 0.573 e. The number of rotatable bonds is 6. The fourth-order valence-corrected chi connectivity index (χ4v) is 1.88. The maximum Gasteiger partial charge on any atom is 0.573 e. The number of aliphatic carboxylic acids is 1. The highest BCUT2D eigenvalue weighted by Gasteiger charge is 2.31. The Morgan fingerprint density at radius 2 is 1.72 bits per heavy atom. The molecule has 0 heterocycles. The Hall–Kier alpha value is -2.45. The van der Waals surface area contributed by atoms with Crippen LogP contribution >= 0.6 is 0 Å². The molecule has 0 bridgehead atoms. The van der Waals surface area contributed by atoms with E-state index < -0.39 is 30.1 Å². The molecule has 0 unspecified atom stereocenters. The number of carbonyl (C=O) groups is 2. The Kier molecular flexibility index (Phi) is 6.66. The first kappa shape index (κ1) is 20.6. The second-order valence-electron chi connectivity index (χ2n) is 6.27. The Balaban J connectivity index is 2.60. The van der Waals surface area contributed by atoms with Crippen LogP contribution in [0.5, 0.6) is 5.75 Å². The zero-order valence-corrected chi connectivity index (χ0v) is 14.0. The summed E-state index contributed by atoms with van der Waals surface area (Å²) in [7, 11) is 0. The van der Waals surface area contributed by atoms with Crippen molar-refractivity contribution >= 4 is 12.1 Å². The van der Waals surface area contributed by atoms with Crippen molar-refractivity contribution in [1.29, 1.82) is 0 Å². The van der Waals surface area contributed by atoms with Gasteiger partial charge in [-0.1, -0.05) is 12.1 Å². The van der Waals surface area contributed by atoms with Crippen LogP contribution in [0.3, 0.4) is 0 Å². The summed E-state index contributed by atoms with van der Waals surface area (Å²) in [6.45, 7) is 4.94. The molecule has 0 saturated heterocycles. The van der Waals surface area contributed by atoms with E-state index in [1.165, 1.54) is 12.1 Å². The number of carboxylic acids is 1. The summed E-state index contributed by atoms with van der Waals surface area (Å²) >= 11 is 0. The van der Waals surface area contributed by atoms with E-state index in [1.54, 1.807) is 20.8 Å². The zero-order chi connectivity index (χ0) is 19.3. The minimum absolute atomic E-state index is 0.0497. The molecule has 0 fully saturated rings. The molecule has 0 spiro atoms. The van der Waals surface area contributed by atoms with Crippen LogP contribution in [0, 0.1) is 0 Å². The number of carbonyl (C=O) groups excluding carboxylic acids is 1. The van der Waals surface area contributed by atoms with E-state index in [4.69, 9.17) is 9.84 Å². The Labute approximate surface area is 142 Å². The average Bonchev–Trinajstić information content (AvgIpc) is 2.41. The predicted octanol–water partition coefficient (Wildman–Crippen LogP) is 3.50. The predicted molar refractivity (Wildman–Crippen MR) is 82.2 cm³/mol. The van der Waals surface area contributed by atoms with Gasteiger partial charge < -0.3 is 19.9 Å². The van der Waals surface area contributed by atoms with Crippen molar-refractivity contribution in [2.75, 3.05) is 0 Å². The van der Waals surface area contributed by atoms with E-state index in [0.29, 0.717) is 5.56 Å². The summed E-state index contributed by atoms with van der Waals surface area (Å²) in [6, 6.07) is 3.89. The van der Waals surface area contributed by atoms with Crippen molar-refractivity contribution in [3.05, 3.63) is 29.8 Å². The van der Waals surface area contributed by atoms with Crippen LogP contribution in [-0.2, 0) is 16.0 Å². The lowest BCUT2D eigenvalue weighted by molar-refractivity contribution is -0.274. The fourth-order valence-electron chi connectivity index (χ4n) is 1.88. The molecule has 25 heavy (non-hydrogen) atoms.